The number of nitrogens with zero attached hydrogens (tertiary/aromatic N) is 1. The lowest BCUT2D eigenvalue weighted by atomic mass is 9.73. The van der Waals surface area contributed by atoms with Crippen LogP contribution in [-0.4, -0.2) is 42.1 Å². The van der Waals surface area contributed by atoms with Crippen molar-refractivity contribution in [1.82, 2.24) is 4.90 Å². The van der Waals surface area contributed by atoms with Crippen LogP contribution in [0.2, 0.25) is 0 Å². The molecule has 0 bridgehead atoms. The van der Waals surface area contributed by atoms with E-state index in [0.717, 1.165) is 36.1 Å². The molecule has 1 saturated heterocycles. The van der Waals surface area contributed by atoms with Crippen LogP contribution in [-0.2, 0) is 10.2 Å². The number of carboxylic acid groups (broad SMARTS) is 1. The third-order valence-corrected chi connectivity index (χ3v) is 6.44. The van der Waals surface area contributed by atoms with E-state index in [4.69, 9.17) is 4.74 Å². The van der Waals surface area contributed by atoms with Crippen LogP contribution in [0.4, 0.5) is 4.39 Å². The highest BCUT2D eigenvalue weighted by atomic mass is 19.1. The maximum absolute atomic E-state index is 14.0. The second kappa shape index (κ2) is 7.50. The molecule has 4 rings (SSSR count). The van der Waals surface area contributed by atoms with E-state index < -0.39 is 11.8 Å². The van der Waals surface area contributed by atoms with Crippen molar-refractivity contribution < 1.29 is 23.8 Å². The van der Waals surface area contributed by atoms with Gasteiger partial charge in [0.25, 0.3) is 5.91 Å². The third kappa shape index (κ3) is 3.48. The number of hydrogen-bond acceptors (Lipinski definition) is 3. The fourth-order valence-electron chi connectivity index (χ4n) is 4.98. The van der Waals surface area contributed by atoms with Gasteiger partial charge < -0.3 is 14.7 Å². The highest BCUT2D eigenvalue weighted by Crippen LogP contribution is 2.53. The van der Waals surface area contributed by atoms with Crippen molar-refractivity contribution in [2.75, 3.05) is 20.2 Å². The summed E-state index contributed by atoms with van der Waals surface area (Å²) in [5.74, 6) is -0.883. The summed E-state index contributed by atoms with van der Waals surface area (Å²) in [6.45, 7) is 1.03. The standard InChI is InChI=1S/C23H24FNO4/c1-29-16-6-7-17-15(12-21(26)27)14-23(19(17)13-16)8-10-25(11-9-23)22(28)18-4-2-3-5-20(18)24/h2-7,13,15H,8-12,14H2,1H3,(H,26,27). The van der Waals surface area contributed by atoms with Gasteiger partial charge in [0.1, 0.15) is 11.6 Å². The van der Waals surface area contributed by atoms with Gasteiger partial charge in [-0.05, 0) is 66.0 Å². The van der Waals surface area contributed by atoms with Crippen LogP contribution >= 0.6 is 0 Å². The molecular weight excluding hydrogens is 373 g/mol. The molecule has 1 atom stereocenters. The van der Waals surface area contributed by atoms with E-state index >= 15 is 0 Å². The molecule has 1 aliphatic carbocycles. The lowest BCUT2D eigenvalue weighted by Crippen LogP contribution is -2.44. The zero-order valence-electron chi connectivity index (χ0n) is 16.4. The molecule has 5 nitrogen and oxygen atoms in total. The van der Waals surface area contributed by atoms with E-state index in [-0.39, 0.29) is 29.2 Å². The van der Waals surface area contributed by atoms with Gasteiger partial charge >= 0.3 is 5.97 Å². The van der Waals surface area contributed by atoms with Gasteiger partial charge in [-0.1, -0.05) is 18.2 Å². The smallest absolute Gasteiger partial charge is 0.303 e. The molecule has 1 amide bonds. The number of carbonyl (C=O) groups excluding carboxylic acids is 1. The number of hydrogen-bond donors (Lipinski definition) is 1. The highest BCUT2D eigenvalue weighted by molar-refractivity contribution is 5.94. The summed E-state index contributed by atoms with van der Waals surface area (Å²) in [6, 6.07) is 11.9. The van der Waals surface area contributed by atoms with Gasteiger partial charge in [-0.15, -0.1) is 0 Å². The summed E-state index contributed by atoms with van der Waals surface area (Å²) in [7, 11) is 1.62. The van der Waals surface area contributed by atoms with Crippen LogP contribution in [0.15, 0.2) is 42.5 Å². The number of ether oxygens (including phenoxy) is 1. The lowest BCUT2D eigenvalue weighted by molar-refractivity contribution is -0.137. The molecule has 29 heavy (non-hydrogen) atoms. The van der Waals surface area contributed by atoms with Gasteiger partial charge in [0.2, 0.25) is 0 Å². The Morgan fingerprint density at radius 1 is 1.21 bits per heavy atom. The van der Waals surface area contributed by atoms with Gasteiger partial charge in [0, 0.05) is 13.1 Å². The van der Waals surface area contributed by atoms with E-state index in [1.54, 1.807) is 24.1 Å². The van der Waals surface area contributed by atoms with E-state index in [1.807, 2.05) is 18.2 Å². The Hall–Kier alpha value is -2.89. The quantitative estimate of drug-likeness (QED) is 0.848. The van der Waals surface area contributed by atoms with Gasteiger partial charge in [-0.2, -0.15) is 0 Å². The van der Waals surface area contributed by atoms with E-state index in [1.165, 1.54) is 12.1 Å². The molecule has 1 heterocycles. The Morgan fingerprint density at radius 3 is 2.59 bits per heavy atom. The molecule has 0 aromatic heterocycles. The molecule has 1 spiro atoms. The molecule has 2 aromatic carbocycles. The predicted octanol–water partition coefficient (Wildman–Crippen LogP) is 3.97. The summed E-state index contributed by atoms with van der Waals surface area (Å²) >= 11 is 0. The second-order valence-electron chi connectivity index (χ2n) is 8.00. The maximum atomic E-state index is 14.0. The summed E-state index contributed by atoms with van der Waals surface area (Å²) in [5, 5.41) is 9.34. The average Bonchev–Trinajstić information content (AvgIpc) is 3.00. The molecule has 0 saturated carbocycles. The van der Waals surface area contributed by atoms with Crippen LogP contribution in [0.5, 0.6) is 5.75 Å². The first-order valence-electron chi connectivity index (χ1n) is 9.87. The van der Waals surface area contributed by atoms with Crippen LogP contribution in [0, 0.1) is 5.82 Å². The Balaban J connectivity index is 1.58. The number of piperidine rings is 1. The molecule has 2 aromatic rings. The van der Waals surface area contributed by atoms with E-state index in [2.05, 4.69) is 0 Å². The van der Waals surface area contributed by atoms with Gasteiger partial charge in [-0.3, -0.25) is 9.59 Å². The molecule has 6 heteroatoms. The third-order valence-electron chi connectivity index (χ3n) is 6.44. The van der Waals surface area contributed by atoms with Crippen molar-refractivity contribution in [2.45, 2.75) is 37.0 Å². The van der Waals surface area contributed by atoms with Gasteiger partial charge in [-0.25, -0.2) is 4.39 Å². The predicted molar refractivity (Wildman–Crippen MR) is 106 cm³/mol. The number of likely N-dealkylation sites (tertiary alicyclic amines) is 1. The van der Waals surface area contributed by atoms with Crippen molar-refractivity contribution in [3.8, 4) is 5.75 Å². The second-order valence-corrected chi connectivity index (χ2v) is 8.00. The zero-order valence-corrected chi connectivity index (χ0v) is 16.4. The van der Waals surface area contributed by atoms with Crippen LogP contribution in [0.3, 0.4) is 0 Å². The Labute approximate surface area is 169 Å². The first kappa shape index (κ1) is 19.4. The number of fused-ring (bicyclic) bond motifs is 2. The molecule has 0 radical (unpaired) electrons. The minimum Gasteiger partial charge on any atom is -0.497 e. The monoisotopic (exact) mass is 397 g/mol. The van der Waals surface area contributed by atoms with Crippen LogP contribution < -0.4 is 4.74 Å². The van der Waals surface area contributed by atoms with Gasteiger partial charge in [0.05, 0.1) is 19.1 Å². The summed E-state index contributed by atoms with van der Waals surface area (Å²) in [4.78, 5) is 25.8. The number of halogens is 1. The Morgan fingerprint density at radius 2 is 1.93 bits per heavy atom. The van der Waals surface area contributed by atoms with Crippen LogP contribution in [0.1, 0.15) is 53.1 Å². The molecule has 1 aliphatic heterocycles. The minimum absolute atomic E-state index is 0.0396. The zero-order chi connectivity index (χ0) is 20.6. The van der Waals surface area contributed by atoms with Gasteiger partial charge in [0.15, 0.2) is 0 Å². The van der Waals surface area contributed by atoms with Crippen molar-refractivity contribution in [1.29, 1.82) is 0 Å². The number of benzene rings is 2. The first-order valence-corrected chi connectivity index (χ1v) is 9.87. The maximum Gasteiger partial charge on any atom is 0.303 e. The number of methoxy groups -OCH3 is 1. The van der Waals surface area contributed by atoms with E-state index in [0.29, 0.717) is 13.1 Å². The molecule has 1 fully saturated rings. The highest BCUT2D eigenvalue weighted by Gasteiger charge is 2.46. The molecular formula is C23H24FNO4. The summed E-state index contributed by atoms with van der Waals surface area (Å²) < 4.78 is 19.4. The van der Waals surface area contributed by atoms with Crippen molar-refractivity contribution in [2.24, 2.45) is 0 Å². The lowest BCUT2D eigenvalue weighted by Gasteiger charge is -2.40. The van der Waals surface area contributed by atoms with Crippen LogP contribution in [0.25, 0.3) is 0 Å². The largest absolute Gasteiger partial charge is 0.497 e. The number of aliphatic carboxylic acids is 1. The number of carbonyl (C=O) groups is 2. The topological polar surface area (TPSA) is 66.8 Å². The Bertz CT molecular complexity index is 950. The molecule has 152 valence electrons. The number of rotatable bonds is 4. The fourth-order valence-corrected chi connectivity index (χ4v) is 4.98. The minimum atomic E-state index is -0.805. The summed E-state index contributed by atoms with van der Waals surface area (Å²) in [6.07, 6.45) is 2.30. The molecule has 1 unspecified atom stereocenters. The first-order chi connectivity index (χ1) is 13.9. The number of carboxylic acids is 1. The number of amides is 1. The van der Waals surface area contributed by atoms with Crippen molar-refractivity contribution in [3.05, 3.63) is 65.0 Å². The van der Waals surface area contributed by atoms with E-state index in [9.17, 15) is 19.1 Å². The Kier molecular flexibility index (Phi) is 5.03. The average molecular weight is 397 g/mol. The molecule has 2 aliphatic rings. The van der Waals surface area contributed by atoms with Crippen molar-refractivity contribution >= 4 is 11.9 Å². The SMILES string of the molecule is COc1ccc2c(c1)C1(CCN(C(=O)c3ccccc3F)CC1)CC2CC(=O)O. The molecule has 1 N–H and O–H groups in total. The normalized spacial score (nSPS) is 19.8. The fraction of sp³-hybridized carbons (Fsp3) is 0.391. The summed E-state index contributed by atoms with van der Waals surface area (Å²) in [5.41, 5.74) is 2.14. The van der Waals surface area contributed by atoms with Crippen molar-refractivity contribution in [3.63, 3.8) is 0 Å².